The van der Waals surface area contributed by atoms with E-state index in [9.17, 15) is 13.2 Å². The van der Waals surface area contributed by atoms with E-state index < -0.39 is 6.36 Å². The minimum absolute atomic E-state index is 0.269. The van der Waals surface area contributed by atoms with E-state index in [1.807, 2.05) is 42.5 Å². The number of hydrogen-bond donors (Lipinski definition) is 1. The van der Waals surface area contributed by atoms with Gasteiger partial charge >= 0.3 is 6.36 Å². The van der Waals surface area contributed by atoms with Gasteiger partial charge in [-0.05, 0) is 36.6 Å². The molecule has 0 unspecified atom stereocenters. The number of aromatic nitrogens is 3. The van der Waals surface area contributed by atoms with Crippen LogP contribution in [0.1, 0.15) is 12.8 Å². The van der Waals surface area contributed by atoms with Gasteiger partial charge in [-0.3, -0.25) is 4.98 Å². The van der Waals surface area contributed by atoms with Crippen molar-refractivity contribution in [1.29, 1.82) is 0 Å². The van der Waals surface area contributed by atoms with Gasteiger partial charge in [0.25, 0.3) is 0 Å². The molecule has 0 radical (unpaired) electrons. The predicted molar refractivity (Wildman–Crippen MR) is 119 cm³/mol. The van der Waals surface area contributed by atoms with Crippen LogP contribution in [0.5, 0.6) is 5.75 Å². The summed E-state index contributed by atoms with van der Waals surface area (Å²) in [6.07, 6.45) is 0.878. The molecule has 0 aliphatic heterocycles. The highest BCUT2D eigenvalue weighted by molar-refractivity contribution is 5.73. The molecule has 5 rings (SSSR count). The molecule has 166 valence electrons. The maximum absolute atomic E-state index is 12.4. The summed E-state index contributed by atoms with van der Waals surface area (Å²) in [5.41, 5.74) is 3.86. The van der Waals surface area contributed by atoms with Crippen molar-refractivity contribution < 1.29 is 17.9 Å². The molecule has 1 fully saturated rings. The van der Waals surface area contributed by atoms with E-state index in [1.54, 1.807) is 24.5 Å². The Kier molecular flexibility index (Phi) is 5.42. The first-order valence-electron chi connectivity index (χ1n) is 10.5. The molecule has 4 aromatic rings. The first-order chi connectivity index (χ1) is 15.9. The summed E-state index contributed by atoms with van der Waals surface area (Å²) in [5, 5.41) is 3.43. The van der Waals surface area contributed by atoms with Gasteiger partial charge in [0.2, 0.25) is 0 Å². The van der Waals surface area contributed by atoms with E-state index in [1.165, 1.54) is 12.1 Å². The van der Waals surface area contributed by atoms with Gasteiger partial charge in [-0.15, -0.1) is 13.2 Å². The molecular formula is C25H19F3N4O. The lowest BCUT2D eigenvalue weighted by Gasteiger charge is -2.11. The summed E-state index contributed by atoms with van der Waals surface area (Å²) in [7, 11) is 0. The smallest absolute Gasteiger partial charge is 0.406 e. The minimum atomic E-state index is -4.72. The maximum Gasteiger partial charge on any atom is 0.573 e. The molecular weight excluding hydrogens is 429 g/mol. The lowest BCUT2D eigenvalue weighted by atomic mass is 10.0. The molecule has 33 heavy (non-hydrogen) atoms. The van der Waals surface area contributed by atoms with Gasteiger partial charge in [0.1, 0.15) is 11.6 Å². The Bertz CT molecular complexity index is 1260. The van der Waals surface area contributed by atoms with E-state index in [0.29, 0.717) is 23.1 Å². The molecule has 2 aromatic heterocycles. The second kappa shape index (κ2) is 8.54. The molecule has 0 amide bonds. The summed E-state index contributed by atoms with van der Waals surface area (Å²) < 4.78 is 41.2. The van der Waals surface area contributed by atoms with Crippen LogP contribution in [0.4, 0.5) is 19.0 Å². The number of alkyl halides is 3. The standard InChI is InChI=1S/C25H19F3N4O/c26-25(27,28)33-21-10-6-16(7-11-21)18-12-19(15-29-14-18)22-13-23(30-20-8-9-20)32-24(31-22)17-4-2-1-3-5-17/h1-7,10-15,20H,8-9H2,(H,30,31,32). The molecule has 2 heterocycles. The van der Waals surface area contributed by atoms with Crippen LogP contribution in [-0.2, 0) is 0 Å². The topological polar surface area (TPSA) is 59.9 Å². The fourth-order valence-corrected chi connectivity index (χ4v) is 3.41. The SMILES string of the molecule is FC(F)(F)Oc1ccc(-c2cncc(-c3cc(NC4CC4)nc(-c4ccccc4)n3)c2)cc1. The Balaban J connectivity index is 1.49. The normalized spacial score (nSPS) is 13.5. The Labute approximate surface area is 188 Å². The van der Waals surface area contributed by atoms with Crippen LogP contribution in [0.25, 0.3) is 33.8 Å². The Morgan fingerprint density at radius 3 is 2.21 bits per heavy atom. The van der Waals surface area contributed by atoms with Gasteiger partial charge in [0, 0.05) is 41.2 Å². The molecule has 1 saturated carbocycles. The van der Waals surface area contributed by atoms with Crippen LogP contribution in [0.3, 0.4) is 0 Å². The fourth-order valence-electron chi connectivity index (χ4n) is 3.41. The summed E-state index contributed by atoms with van der Waals surface area (Å²) >= 11 is 0. The summed E-state index contributed by atoms with van der Waals surface area (Å²) in [6.45, 7) is 0. The number of anilines is 1. The van der Waals surface area contributed by atoms with Crippen LogP contribution >= 0.6 is 0 Å². The zero-order valence-corrected chi connectivity index (χ0v) is 17.4. The monoisotopic (exact) mass is 448 g/mol. The Hall–Kier alpha value is -3.94. The second-order valence-electron chi connectivity index (χ2n) is 7.78. The van der Waals surface area contributed by atoms with Crippen LogP contribution in [-0.4, -0.2) is 27.4 Å². The van der Waals surface area contributed by atoms with Gasteiger partial charge in [-0.1, -0.05) is 42.5 Å². The zero-order chi connectivity index (χ0) is 22.8. The number of halogens is 3. The first-order valence-corrected chi connectivity index (χ1v) is 10.5. The van der Waals surface area contributed by atoms with Crippen molar-refractivity contribution in [2.45, 2.75) is 25.2 Å². The van der Waals surface area contributed by atoms with Crippen molar-refractivity contribution in [1.82, 2.24) is 15.0 Å². The van der Waals surface area contributed by atoms with Crippen molar-refractivity contribution in [3.05, 3.63) is 79.1 Å². The van der Waals surface area contributed by atoms with Crippen molar-refractivity contribution >= 4 is 5.82 Å². The number of rotatable bonds is 6. The van der Waals surface area contributed by atoms with Crippen LogP contribution in [0, 0.1) is 0 Å². The molecule has 0 atom stereocenters. The van der Waals surface area contributed by atoms with Gasteiger partial charge in [0.05, 0.1) is 5.69 Å². The maximum atomic E-state index is 12.4. The van der Waals surface area contributed by atoms with Crippen LogP contribution in [0.15, 0.2) is 79.1 Å². The molecule has 1 aliphatic rings. The third-order valence-electron chi connectivity index (χ3n) is 5.14. The zero-order valence-electron chi connectivity index (χ0n) is 17.4. The van der Waals surface area contributed by atoms with Gasteiger partial charge < -0.3 is 10.1 Å². The minimum Gasteiger partial charge on any atom is -0.406 e. The lowest BCUT2D eigenvalue weighted by molar-refractivity contribution is -0.274. The quantitative estimate of drug-likeness (QED) is 0.373. The fraction of sp³-hybridized carbons (Fsp3) is 0.160. The Morgan fingerprint density at radius 2 is 1.52 bits per heavy atom. The highest BCUT2D eigenvalue weighted by atomic mass is 19.4. The molecule has 2 aromatic carbocycles. The average Bonchev–Trinajstić information content (AvgIpc) is 3.63. The lowest BCUT2D eigenvalue weighted by Crippen LogP contribution is -2.16. The van der Waals surface area contributed by atoms with E-state index in [4.69, 9.17) is 4.98 Å². The van der Waals surface area contributed by atoms with E-state index in [2.05, 4.69) is 20.0 Å². The van der Waals surface area contributed by atoms with E-state index >= 15 is 0 Å². The molecule has 0 spiro atoms. The molecule has 5 nitrogen and oxygen atoms in total. The third kappa shape index (κ3) is 5.28. The second-order valence-corrected chi connectivity index (χ2v) is 7.78. The molecule has 1 N–H and O–H groups in total. The number of pyridine rings is 1. The molecule has 8 heteroatoms. The largest absolute Gasteiger partial charge is 0.573 e. The summed E-state index contributed by atoms with van der Waals surface area (Å²) in [6, 6.07) is 19.7. The van der Waals surface area contributed by atoms with E-state index in [0.717, 1.165) is 35.3 Å². The first kappa shape index (κ1) is 20.9. The number of nitrogens with zero attached hydrogens (tertiary/aromatic N) is 3. The van der Waals surface area contributed by atoms with Crippen molar-refractivity contribution in [3.8, 4) is 39.5 Å². The van der Waals surface area contributed by atoms with E-state index in [-0.39, 0.29) is 5.75 Å². The number of benzene rings is 2. The number of nitrogens with one attached hydrogen (secondary N) is 1. The summed E-state index contributed by atoms with van der Waals surface area (Å²) in [4.78, 5) is 13.8. The third-order valence-corrected chi connectivity index (χ3v) is 5.14. The van der Waals surface area contributed by atoms with Gasteiger partial charge in [-0.25, -0.2) is 9.97 Å². The van der Waals surface area contributed by atoms with Crippen LogP contribution < -0.4 is 10.1 Å². The van der Waals surface area contributed by atoms with Crippen molar-refractivity contribution in [3.63, 3.8) is 0 Å². The molecule has 1 aliphatic carbocycles. The molecule has 0 bridgehead atoms. The highest BCUT2D eigenvalue weighted by Crippen LogP contribution is 2.31. The van der Waals surface area contributed by atoms with Gasteiger partial charge in [0.15, 0.2) is 5.82 Å². The predicted octanol–water partition coefficient (Wildman–Crippen LogP) is 6.35. The average molecular weight is 448 g/mol. The van der Waals surface area contributed by atoms with Crippen LogP contribution in [0.2, 0.25) is 0 Å². The molecule has 0 saturated heterocycles. The number of hydrogen-bond acceptors (Lipinski definition) is 5. The summed E-state index contributed by atoms with van der Waals surface area (Å²) in [5.74, 6) is 1.09. The Morgan fingerprint density at radius 1 is 0.788 bits per heavy atom. The highest BCUT2D eigenvalue weighted by Gasteiger charge is 2.31. The van der Waals surface area contributed by atoms with Crippen molar-refractivity contribution in [2.24, 2.45) is 0 Å². The van der Waals surface area contributed by atoms with Crippen molar-refractivity contribution in [2.75, 3.05) is 5.32 Å². The number of ether oxygens (including phenoxy) is 1. The van der Waals surface area contributed by atoms with Gasteiger partial charge in [-0.2, -0.15) is 0 Å².